The van der Waals surface area contributed by atoms with Crippen LogP contribution in [0.5, 0.6) is 34.5 Å². The van der Waals surface area contributed by atoms with E-state index < -0.39 is 104 Å². The number of hydrogen-bond donors (Lipinski definition) is 0. The Bertz CT molecular complexity index is 5140. The van der Waals surface area contributed by atoms with Crippen LogP contribution in [0.2, 0.25) is 0 Å². The minimum Gasteiger partial charge on any atom is -0.494 e. The summed E-state index contributed by atoms with van der Waals surface area (Å²) in [5.74, 6) is -19.6. The average Bonchev–Trinajstić information content (AvgIpc) is 0.755. The molecule has 9 aromatic rings. The van der Waals surface area contributed by atoms with Crippen LogP contribution in [0.1, 0.15) is 131 Å². The molecule has 0 spiro atoms. The number of methoxy groups -OCH3 is 3. The number of hydrogen-bond acceptors (Lipinski definition) is 21. The van der Waals surface area contributed by atoms with Crippen molar-refractivity contribution in [3.63, 3.8) is 0 Å². The van der Waals surface area contributed by atoms with Crippen molar-refractivity contribution in [3.8, 4) is 34.5 Å². The van der Waals surface area contributed by atoms with Crippen molar-refractivity contribution in [2.45, 2.75) is 103 Å². The molecule has 0 saturated heterocycles. The maximum absolute atomic E-state index is 13.3. The van der Waals surface area contributed by atoms with E-state index in [9.17, 15) is 113 Å². The fourth-order valence-electron chi connectivity index (χ4n) is 9.70. The summed E-state index contributed by atoms with van der Waals surface area (Å²) in [5.41, 5.74) is 5.50. The van der Waals surface area contributed by atoms with Crippen LogP contribution in [0, 0.1) is 0 Å². The van der Waals surface area contributed by atoms with Crippen LogP contribution in [0.15, 0.2) is 273 Å². The van der Waals surface area contributed by atoms with Gasteiger partial charge in [-0.05, 0) is 213 Å². The molecule has 9 rings (SSSR count). The highest BCUT2D eigenvalue weighted by Gasteiger charge is 2.72. The van der Waals surface area contributed by atoms with Crippen molar-refractivity contribution in [2.24, 2.45) is 0 Å². The molecular formula is C101H100F16O21. The standard InChI is InChI=1S/C23H19F7O5.C23H21F5O5.C22H21F3O5.3C10H10O2.C2H6.CH3F/c1-2-33-19(31)12-5-15-3-8-18(9-4-15)35-20(32)16-6-10-17(11-7-16)34-14-13-21(24,25)22(26,27)23(28,29)30;1-2-31-20(29)13-6-16-4-9-19(10-5-16)33-21(30)17-7-11-18(12-8-17)32-15-3-14-22(24,25)23(26,27)28;1-2-28-20(26)13-6-16-4-9-19(10-5-16)30-21(27)17-7-11-18(12-8-17)29-15-3-14-22(23,24)25;3*1-12-10(11)8-7-9-5-3-2-4-6-9;2*1-2/h3-12H,2,13-14H2,1H3;4-13H,2-3,14-15H2,1H3;4-13H,2-3,14-15H2,1H3;3*2-8H,1H3;1-2H3;1H3/b12-5+;2*13-6+;3*8-7+;;. The molecule has 0 unspecified atom stereocenters. The molecule has 0 N–H and O–H groups in total. The van der Waals surface area contributed by atoms with Gasteiger partial charge in [0, 0.05) is 49.3 Å². The minimum absolute atomic E-state index is 0.0255. The molecule has 0 bridgehead atoms. The van der Waals surface area contributed by atoms with E-state index in [-0.39, 0.29) is 90.4 Å². The Morgan fingerprint density at radius 3 is 0.732 bits per heavy atom. The van der Waals surface area contributed by atoms with Crippen molar-refractivity contribution in [1.82, 2.24) is 0 Å². The van der Waals surface area contributed by atoms with E-state index in [1.165, 1.54) is 149 Å². The number of carbonyl (C=O) groups is 9. The lowest BCUT2D eigenvalue weighted by Gasteiger charge is -2.28. The summed E-state index contributed by atoms with van der Waals surface area (Å²) in [4.78, 5) is 103. The van der Waals surface area contributed by atoms with Crippen LogP contribution >= 0.6 is 0 Å². The second-order valence-electron chi connectivity index (χ2n) is 26.6. The Balaban J connectivity index is 0.000000584. The summed E-state index contributed by atoms with van der Waals surface area (Å²) >= 11 is 0. The molecule has 0 fully saturated rings. The number of rotatable bonds is 35. The molecule has 0 aliphatic carbocycles. The van der Waals surface area contributed by atoms with Gasteiger partial charge in [-0.1, -0.05) is 141 Å². The van der Waals surface area contributed by atoms with Gasteiger partial charge < -0.3 is 56.8 Å². The molecule has 742 valence electrons. The van der Waals surface area contributed by atoms with Crippen molar-refractivity contribution in [2.75, 3.05) is 68.1 Å². The third kappa shape index (κ3) is 49.2. The zero-order valence-corrected chi connectivity index (χ0v) is 75.8. The van der Waals surface area contributed by atoms with Crippen LogP contribution in [-0.2, 0) is 57.2 Å². The van der Waals surface area contributed by atoms with Crippen LogP contribution in [-0.4, -0.2) is 158 Å². The molecule has 138 heavy (non-hydrogen) atoms. The second-order valence-corrected chi connectivity index (χ2v) is 26.6. The molecule has 0 saturated carbocycles. The Hall–Kier alpha value is -15.1. The smallest absolute Gasteiger partial charge is 0.459 e. The zero-order valence-electron chi connectivity index (χ0n) is 75.8. The van der Waals surface area contributed by atoms with Crippen LogP contribution in [0.25, 0.3) is 36.5 Å². The molecule has 21 nitrogen and oxygen atoms in total. The Labute approximate surface area is 785 Å². The Morgan fingerprint density at radius 2 is 0.500 bits per heavy atom. The fraction of sp³-hybridized carbons (Fsp3) is 0.257. The number of benzene rings is 9. The highest BCUT2D eigenvalue weighted by molar-refractivity contribution is 5.94. The van der Waals surface area contributed by atoms with Crippen LogP contribution < -0.4 is 28.4 Å². The van der Waals surface area contributed by atoms with Gasteiger partial charge in [-0.15, -0.1) is 0 Å². The maximum atomic E-state index is 13.3. The second kappa shape index (κ2) is 64.0. The Morgan fingerprint density at radius 1 is 0.268 bits per heavy atom. The zero-order chi connectivity index (χ0) is 103. The van der Waals surface area contributed by atoms with Crippen molar-refractivity contribution in [3.05, 3.63) is 323 Å². The van der Waals surface area contributed by atoms with E-state index in [0.29, 0.717) is 36.4 Å². The van der Waals surface area contributed by atoms with Gasteiger partial charge in [0.1, 0.15) is 34.5 Å². The summed E-state index contributed by atoms with van der Waals surface area (Å²) in [7, 11) is 4.58. The number of alkyl halides is 16. The molecule has 0 heterocycles. The molecule has 0 amide bonds. The minimum atomic E-state index is -6.40. The first kappa shape index (κ1) is 119. The summed E-state index contributed by atoms with van der Waals surface area (Å²) in [6.45, 7) is 8.35. The van der Waals surface area contributed by atoms with Gasteiger partial charge in [-0.25, -0.2) is 43.2 Å². The Kier molecular flexibility index (Phi) is 55.2. The largest absolute Gasteiger partial charge is 0.494 e. The molecular weight excluding hydrogens is 1850 g/mol. The first-order chi connectivity index (χ1) is 65.5. The summed E-state index contributed by atoms with van der Waals surface area (Å²) in [6.07, 6.45) is -3.22. The van der Waals surface area contributed by atoms with Crippen LogP contribution in [0.3, 0.4) is 0 Å². The highest BCUT2D eigenvalue weighted by atomic mass is 19.4. The first-order valence-electron chi connectivity index (χ1n) is 41.4. The SMILES string of the molecule is CC.CCOC(=O)/C=C/c1ccc(OC(=O)c2ccc(OCCC(F)(F)C(F)(F)C(F)(F)F)cc2)cc1.CCOC(=O)/C=C/c1ccc(OC(=O)c2ccc(OCCCC(F)(F)C(F)(F)F)cc2)cc1.CCOC(=O)/C=C/c1ccc(OC(=O)c2ccc(OCCCC(F)(F)F)cc2)cc1.CF.COC(=O)/C=C/c1ccccc1.COC(=O)/C=C/c1ccccc1.COC(=O)/C=C/c1ccccc1. The number of carbonyl (C=O) groups excluding carboxylic acids is 9. The van der Waals surface area contributed by atoms with Gasteiger partial charge >= 0.3 is 90.0 Å². The summed E-state index contributed by atoms with van der Waals surface area (Å²) < 4.78 is 255. The monoisotopic (exact) mass is 1950 g/mol. The van der Waals surface area contributed by atoms with Gasteiger partial charge in [-0.2, -0.15) is 65.9 Å². The van der Waals surface area contributed by atoms with Gasteiger partial charge in [0.25, 0.3) is 0 Å². The normalized spacial score (nSPS) is 11.2. The predicted molar refractivity (Wildman–Crippen MR) is 484 cm³/mol. The topological polar surface area (TPSA) is 264 Å². The molecule has 0 aliphatic heterocycles. The fourth-order valence-corrected chi connectivity index (χ4v) is 9.70. The molecule has 0 radical (unpaired) electrons. The van der Waals surface area contributed by atoms with Crippen molar-refractivity contribution < 1.29 is 170 Å². The van der Waals surface area contributed by atoms with E-state index in [2.05, 4.69) is 14.2 Å². The van der Waals surface area contributed by atoms with E-state index in [4.69, 9.17) is 42.6 Å². The van der Waals surface area contributed by atoms with Gasteiger partial charge in [0.15, 0.2) is 0 Å². The molecule has 0 atom stereocenters. The van der Waals surface area contributed by atoms with E-state index in [0.717, 1.165) is 34.4 Å². The molecule has 9 aromatic carbocycles. The van der Waals surface area contributed by atoms with E-state index >= 15 is 0 Å². The first-order valence-corrected chi connectivity index (χ1v) is 41.4. The molecule has 37 heteroatoms. The van der Waals surface area contributed by atoms with Gasteiger partial charge in [-0.3, -0.25) is 4.39 Å². The lowest BCUT2D eigenvalue weighted by molar-refractivity contribution is -0.356. The maximum Gasteiger partial charge on any atom is 0.459 e. The quantitative estimate of drug-likeness (QED) is 0.00892. The molecule has 0 aromatic heterocycles. The lowest BCUT2D eigenvalue weighted by atomic mass is 10.1. The van der Waals surface area contributed by atoms with E-state index in [1.54, 1.807) is 99.7 Å². The number of halogens is 16. The average molecular weight is 1950 g/mol. The number of ether oxygens (including phenoxy) is 12. The van der Waals surface area contributed by atoms with Crippen molar-refractivity contribution >= 4 is 90.2 Å². The van der Waals surface area contributed by atoms with Crippen molar-refractivity contribution in [1.29, 1.82) is 0 Å². The molecule has 0 aliphatic rings. The third-order valence-electron chi connectivity index (χ3n) is 16.6. The highest BCUT2D eigenvalue weighted by Crippen LogP contribution is 2.48. The summed E-state index contributed by atoms with van der Waals surface area (Å²) in [6, 6.07) is 63.8. The van der Waals surface area contributed by atoms with Gasteiger partial charge in [0.2, 0.25) is 0 Å². The lowest BCUT2D eigenvalue weighted by Crippen LogP contribution is -2.52. The third-order valence-corrected chi connectivity index (χ3v) is 16.6. The summed E-state index contributed by atoms with van der Waals surface area (Å²) in [5, 5.41) is 0. The van der Waals surface area contributed by atoms with Crippen LogP contribution in [0.4, 0.5) is 70.2 Å². The van der Waals surface area contributed by atoms with E-state index in [1.807, 2.05) is 105 Å². The number of esters is 9. The van der Waals surface area contributed by atoms with Gasteiger partial charge in [0.05, 0.1) is 91.3 Å². The predicted octanol–water partition coefficient (Wildman–Crippen LogP) is 24.4.